The number of aliphatic hydroxyl groups excluding tert-OH is 1. The van der Waals surface area contributed by atoms with E-state index in [1.54, 1.807) is 22.9 Å². The van der Waals surface area contributed by atoms with E-state index in [0.717, 1.165) is 22.9 Å². The van der Waals surface area contributed by atoms with Crippen molar-refractivity contribution in [3.8, 4) is 16.9 Å². The van der Waals surface area contributed by atoms with Crippen LogP contribution in [0, 0.1) is 6.92 Å². The number of carbonyl (C=O) groups excluding carboxylic acids is 5. The van der Waals surface area contributed by atoms with Crippen molar-refractivity contribution in [3.05, 3.63) is 65.9 Å². The number of amides is 3. The summed E-state index contributed by atoms with van der Waals surface area (Å²) in [6.07, 6.45) is 0. The molecule has 3 rings (SSSR count). The number of carbonyl (C=O) groups is 5. The first-order valence-corrected chi connectivity index (χ1v) is 17.6. The van der Waals surface area contributed by atoms with Crippen LogP contribution in [0.15, 0.2) is 59.5 Å². The van der Waals surface area contributed by atoms with Gasteiger partial charge in [0.05, 0.1) is 54.0 Å². The largest absolute Gasteiger partial charge is 0.395 e. The summed E-state index contributed by atoms with van der Waals surface area (Å²) in [4.78, 5) is 60.7. The van der Waals surface area contributed by atoms with Crippen LogP contribution in [-0.2, 0) is 34.0 Å². The van der Waals surface area contributed by atoms with Gasteiger partial charge in [0.15, 0.2) is 10.9 Å². The maximum absolute atomic E-state index is 13.6. The van der Waals surface area contributed by atoms with Crippen LogP contribution in [0.25, 0.3) is 16.9 Å². The van der Waals surface area contributed by atoms with E-state index in [2.05, 4.69) is 26.6 Å². The van der Waals surface area contributed by atoms with Gasteiger partial charge in [-0.25, -0.2) is 18.2 Å². The molecule has 0 radical (unpaired) electrons. The number of rotatable bonds is 19. The number of aryl methyl sites for hydroxylation is 1. The highest BCUT2D eigenvalue weighted by Gasteiger charge is 2.26. The Morgan fingerprint density at radius 2 is 1.49 bits per heavy atom. The summed E-state index contributed by atoms with van der Waals surface area (Å²) in [6.45, 7) is 3.00. The minimum Gasteiger partial charge on any atom is -0.395 e. The molecule has 3 amide bonds. The lowest BCUT2D eigenvalue weighted by atomic mass is 10.1. The van der Waals surface area contributed by atoms with Gasteiger partial charge in [-0.2, -0.15) is 5.10 Å². The molecule has 1 aromatic heterocycles. The van der Waals surface area contributed by atoms with E-state index in [0.29, 0.717) is 36.7 Å². The summed E-state index contributed by atoms with van der Waals surface area (Å²) >= 11 is 0.801. The lowest BCUT2D eigenvalue weighted by molar-refractivity contribution is -0.128. The van der Waals surface area contributed by atoms with E-state index in [4.69, 9.17) is 15.3 Å². The molecule has 49 heavy (non-hydrogen) atoms. The van der Waals surface area contributed by atoms with Gasteiger partial charge >= 0.3 is 0 Å². The Morgan fingerprint density at radius 3 is 2.08 bits per heavy atom. The topological polar surface area (TPSA) is 244 Å². The molecule has 18 heteroatoms. The van der Waals surface area contributed by atoms with E-state index in [1.807, 2.05) is 31.2 Å². The molecule has 0 aliphatic heterocycles. The molecule has 0 saturated heterocycles. The molecule has 2 aromatic carbocycles. The van der Waals surface area contributed by atoms with Crippen LogP contribution in [-0.4, -0.2) is 104 Å². The number of Topliss-reactive ketones (excluding diaryl/α,β-unsaturated/α-hetero) is 1. The average Bonchev–Trinajstić information content (AvgIpc) is 3.51. The van der Waals surface area contributed by atoms with Crippen molar-refractivity contribution in [1.82, 2.24) is 36.4 Å². The second kappa shape index (κ2) is 18.9. The molecule has 0 saturated carbocycles. The molecule has 0 fully saturated rings. The molecule has 3 aromatic rings. The van der Waals surface area contributed by atoms with Crippen molar-refractivity contribution in [1.29, 1.82) is 0 Å². The summed E-state index contributed by atoms with van der Waals surface area (Å²) in [6, 6.07) is 14.1. The third-order valence-corrected chi connectivity index (χ3v) is 8.54. The SMILES string of the molecule is CC(=O)SCC(=O)NCC(=O)NCC(=O)NCC(=O)C(NCCNCCO)c1cc(-c2ccc(C)cc2)n(-c2ccc(S(N)(=O)=O)cc2)n1. The number of ketones is 1. The van der Waals surface area contributed by atoms with Gasteiger partial charge in [-0.05, 0) is 37.3 Å². The first-order chi connectivity index (χ1) is 23.3. The van der Waals surface area contributed by atoms with Crippen molar-refractivity contribution in [2.75, 3.05) is 51.6 Å². The number of nitrogens with zero attached hydrogens (tertiary/aromatic N) is 2. The van der Waals surface area contributed by atoms with Crippen LogP contribution in [0.5, 0.6) is 0 Å². The second-order valence-corrected chi connectivity index (χ2v) is 13.4. The Balaban J connectivity index is 1.78. The smallest absolute Gasteiger partial charge is 0.239 e. The number of aromatic nitrogens is 2. The Labute approximate surface area is 288 Å². The first-order valence-electron chi connectivity index (χ1n) is 15.1. The lowest BCUT2D eigenvalue weighted by Crippen LogP contribution is -2.44. The van der Waals surface area contributed by atoms with Crippen LogP contribution in [0.4, 0.5) is 0 Å². The molecule has 8 N–H and O–H groups in total. The molecule has 1 heterocycles. The number of nitrogens with two attached hydrogens (primary N) is 1. The molecule has 1 atom stereocenters. The molecule has 264 valence electrons. The summed E-state index contributed by atoms with van der Waals surface area (Å²) in [5.41, 5.74) is 3.23. The van der Waals surface area contributed by atoms with Gasteiger partial charge < -0.3 is 31.7 Å². The molecule has 0 aliphatic carbocycles. The zero-order chi connectivity index (χ0) is 36.0. The summed E-state index contributed by atoms with van der Waals surface area (Å²) in [7, 11) is -3.93. The molecular weight excluding hydrogens is 677 g/mol. The Morgan fingerprint density at radius 1 is 0.878 bits per heavy atom. The molecule has 0 spiro atoms. The van der Waals surface area contributed by atoms with Gasteiger partial charge in [-0.3, -0.25) is 24.0 Å². The summed E-state index contributed by atoms with van der Waals surface area (Å²) in [5, 5.41) is 32.2. The average molecular weight is 717 g/mol. The van der Waals surface area contributed by atoms with Crippen molar-refractivity contribution >= 4 is 50.4 Å². The lowest BCUT2D eigenvalue weighted by Gasteiger charge is -2.17. The standard InChI is InChI=1S/C31H40N8O8S2/c1-20-3-5-22(6-4-20)26-15-25(38-39(26)23-7-9-24(10-8-23)49(32,46)47)31(34-12-11-33-13-14-40)27(42)16-35-28(43)17-36-29(44)18-37-30(45)19-48-21(2)41/h3-10,15,31,33-34,40H,11-14,16-19H2,1-2H3,(H,35,43)(H,36,44)(H,37,45)(H2,32,46,47). The third kappa shape index (κ3) is 12.8. The number of hydrogen-bond acceptors (Lipinski definition) is 12. The number of nitrogens with one attached hydrogen (secondary N) is 5. The fourth-order valence-corrected chi connectivity index (χ4v) is 5.28. The van der Waals surface area contributed by atoms with E-state index >= 15 is 0 Å². The minimum absolute atomic E-state index is 0.0647. The maximum Gasteiger partial charge on any atom is 0.239 e. The van der Waals surface area contributed by atoms with Crippen LogP contribution in [0.3, 0.4) is 0 Å². The normalized spacial score (nSPS) is 11.8. The van der Waals surface area contributed by atoms with Crippen molar-refractivity contribution in [3.63, 3.8) is 0 Å². The second-order valence-electron chi connectivity index (χ2n) is 10.7. The molecular formula is C31H40N8O8S2. The molecule has 1 unspecified atom stereocenters. The van der Waals surface area contributed by atoms with E-state index in [9.17, 15) is 32.4 Å². The molecule has 0 aliphatic rings. The molecule has 0 bridgehead atoms. The van der Waals surface area contributed by atoms with Gasteiger partial charge in [0, 0.05) is 32.1 Å². The number of aliphatic hydroxyl groups is 1. The van der Waals surface area contributed by atoms with Gasteiger partial charge in [0.25, 0.3) is 0 Å². The quantitative estimate of drug-likeness (QED) is 0.0732. The van der Waals surface area contributed by atoms with Crippen LogP contribution in [0.1, 0.15) is 24.2 Å². The van der Waals surface area contributed by atoms with Gasteiger partial charge in [-0.15, -0.1) is 0 Å². The predicted molar refractivity (Wildman–Crippen MR) is 183 cm³/mol. The predicted octanol–water partition coefficient (Wildman–Crippen LogP) is -1.09. The highest BCUT2D eigenvalue weighted by Crippen LogP contribution is 2.28. The first kappa shape index (κ1) is 39.0. The van der Waals surface area contributed by atoms with Crippen LogP contribution < -0.4 is 31.7 Å². The Kier molecular flexibility index (Phi) is 15.0. The van der Waals surface area contributed by atoms with Crippen LogP contribution >= 0.6 is 11.8 Å². The van der Waals surface area contributed by atoms with E-state index < -0.39 is 59.2 Å². The number of sulfonamides is 1. The van der Waals surface area contributed by atoms with Gasteiger partial charge in [-0.1, -0.05) is 41.6 Å². The van der Waals surface area contributed by atoms with Crippen molar-refractivity contribution < 1.29 is 37.5 Å². The number of benzene rings is 2. The van der Waals surface area contributed by atoms with Crippen molar-refractivity contribution in [2.24, 2.45) is 5.14 Å². The Bertz CT molecular complexity index is 1730. The van der Waals surface area contributed by atoms with Crippen molar-refractivity contribution in [2.45, 2.75) is 24.8 Å². The van der Waals surface area contributed by atoms with Gasteiger partial charge in [0.1, 0.15) is 6.04 Å². The zero-order valence-electron chi connectivity index (χ0n) is 27.0. The van der Waals surface area contributed by atoms with Gasteiger partial charge in [0.2, 0.25) is 27.7 Å². The highest BCUT2D eigenvalue weighted by atomic mass is 32.2. The maximum atomic E-state index is 13.6. The highest BCUT2D eigenvalue weighted by molar-refractivity contribution is 8.14. The fourth-order valence-electron chi connectivity index (χ4n) is 4.33. The minimum atomic E-state index is -3.93. The number of thioether (sulfide) groups is 1. The van der Waals surface area contributed by atoms with Crippen LogP contribution in [0.2, 0.25) is 0 Å². The Hall–Kier alpha value is -4.46. The monoisotopic (exact) mass is 716 g/mol. The zero-order valence-corrected chi connectivity index (χ0v) is 28.7. The summed E-state index contributed by atoms with van der Waals surface area (Å²) in [5.74, 6) is -2.37. The van der Waals surface area contributed by atoms with E-state index in [1.165, 1.54) is 19.1 Å². The third-order valence-electron chi connectivity index (χ3n) is 6.80. The number of hydrogen-bond donors (Lipinski definition) is 7. The molecule has 16 nitrogen and oxygen atoms in total. The summed E-state index contributed by atoms with van der Waals surface area (Å²) < 4.78 is 25.2. The van der Waals surface area contributed by atoms with E-state index in [-0.39, 0.29) is 22.4 Å². The number of primary sulfonamides is 1. The fraction of sp³-hybridized carbons (Fsp3) is 0.355.